The average Bonchev–Trinajstić information content (AvgIpc) is 3.86. The Morgan fingerprint density at radius 2 is 0.732 bits per heavy atom. The van der Waals surface area contributed by atoms with E-state index >= 15 is 0 Å². The fraction of sp³-hybridized carbons (Fsp3) is 0.314. The van der Waals surface area contributed by atoms with E-state index in [2.05, 4.69) is 221 Å². The van der Waals surface area contributed by atoms with Crippen LogP contribution in [0.15, 0.2) is 188 Å². The lowest BCUT2D eigenvalue weighted by atomic mass is 9.49. The maximum atomic E-state index is 2.58. The topological polar surface area (TPSA) is 3.24 Å². The van der Waals surface area contributed by atoms with Crippen LogP contribution < -0.4 is 4.90 Å². The third-order valence-corrected chi connectivity index (χ3v) is 19.7. The SMILES string of the molecule is C[C@@H]1CC2C[C@H](C1)[C@@]1(c3ccccc3-c3cc(N(c4ccc(-c5ccc(-c6ccc7c(c6)-c6ccccc6[C@]76[C@@H]7CC(C[C@@H](C)C7)C[C@@H]6C)cc5)cc4)c4cccc(-c5ccccc5)c4)ccc31)[C@@H](C)C2. The standard InChI is InChI=1S/C70H67N/c1-44-33-48-37-46(3)69(56(35-44)39-48)65-19-10-8-17-61(65)63-42-55(27-31-67(63)69)53-23-21-51(22-24-53)52-25-28-58(29-26-52)71(59-16-12-15-54(41-59)50-13-6-5-7-14-50)60-30-32-68-64(43-60)62-18-9-11-20-66(62)70(68)47(4)38-49-34-45(2)36-57(70)40-49/h5-32,41-49,56-57H,33-40H2,1-4H3/t44-,45-,46+,47+,48?,49?,56+,57+,69+,70-/m1/s1. The van der Waals surface area contributed by atoms with E-state index in [9.17, 15) is 0 Å². The lowest BCUT2D eigenvalue weighted by molar-refractivity contribution is 0.0425. The van der Waals surface area contributed by atoms with Crippen LogP contribution in [0.1, 0.15) is 101 Å². The number of fused-ring (bicyclic) bond motifs is 16. The Morgan fingerprint density at radius 1 is 0.310 bits per heavy atom. The smallest absolute Gasteiger partial charge is 0.0468 e. The van der Waals surface area contributed by atoms with Gasteiger partial charge < -0.3 is 4.90 Å². The van der Waals surface area contributed by atoms with Gasteiger partial charge in [0.05, 0.1) is 0 Å². The van der Waals surface area contributed by atoms with Crippen molar-refractivity contribution in [1.82, 2.24) is 0 Å². The zero-order valence-corrected chi connectivity index (χ0v) is 42.1. The first-order valence-electron chi connectivity index (χ1n) is 27.4. The summed E-state index contributed by atoms with van der Waals surface area (Å²) >= 11 is 0. The summed E-state index contributed by atoms with van der Waals surface area (Å²) in [4.78, 5) is 2.49. The van der Waals surface area contributed by atoms with E-state index in [1.54, 1.807) is 22.3 Å². The molecular weight excluding hydrogens is 855 g/mol. The molecule has 4 saturated carbocycles. The fourth-order valence-electron chi connectivity index (χ4n) is 17.3. The molecule has 0 saturated heterocycles. The summed E-state index contributed by atoms with van der Waals surface area (Å²) in [5.41, 5.74) is 23.4. The first-order chi connectivity index (χ1) is 34.8. The van der Waals surface area contributed by atoms with Crippen molar-refractivity contribution in [2.24, 2.45) is 47.3 Å². The van der Waals surface area contributed by atoms with Crippen molar-refractivity contribution in [2.75, 3.05) is 4.90 Å². The Labute approximate surface area is 423 Å². The largest absolute Gasteiger partial charge is 0.310 e. The van der Waals surface area contributed by atoms with Gasteiger partial charge in [-0.15, -0.1) is 0 Å². The first kappa shape index (κ1) is 43.4. The van der Waals surface area contributed by atoms with Crippen molar-refractivity contribution < 1.29 is 0 Å². The van der Waals surface area contributed by atoms with Gasteiger partial charge in [0.2, 0.25) is 0 Å². The minimum absolute atomic E-state index is 0.0749. The molecule has 10 atom stereocenters. The van der Waals surface area contributed by atoms with Crippen LogP contribution in [-0.4, -0.2) is 0 Å². The van der Waals surface area contributed by atoms with Gasteiger partial charge in [-0.3, -0.25) is 0 Å². The molecule has 0 aliphatic heterocycles. The van der Waals surface area contributed by atoms with Gasteiger partial charge in [0.1, 0.15) is 0 Å². The summed E-state index contributed by atoms with van der Waals surface area (Å²) in [6, 6.07) is 72.6. The molecule has 71 heavy (non-hydrogen) atoms. The normalized spacial score (nSPS) is 28.5. The summed E-state index contributed by atoms with van der Waals surface area (Å²) in [5, 5.41) is 0. The number of nitrogens with zero attached hydrogens (tertiary/aromatic N) is 1. The van der Waals surface area contributed by atoms with Crippen LogP contribution in [-0.2, 0) is 10.8 Å². The Kier molecular flexibility index (Phi) is 10.1. The van der Waals surface area contributed by atoms with E-state index in [-0.39, 0.29) is 10.8 Å². The quantitative estimate of drug-likeness (QED) is 0.161. The highest BCUT2D eigenvalue weighted by Gasteiger charge is 2.58. The third-order valence-electron chi connectivity index (χ3n) is 19.7. The first-order valence-corrected chi connectivity index (χ1v) is 27.4. The van der Waals surface area contributed by atoms with Gasteiger partial charge in [0.15, 0.2) is 0 Å². The van der Waals surface area contributed by atoms with Gasteiger partial charge in [-0.2, -0.15) is 0 Å². The molecule has 4 bridgehead atoms. The minimum atomic E-state index is 0.0749. The number of hydrogen-bond donors (Lipinski definition) is 0. The van der Waals surface area contributed by atoms with Crippen LogP contribution in [0.2, 0.25) is 0 Å². The molecule has 0 radical (unpaired) electrons. The second-order valence-electron chi connectivity index (χ2n) is 23.7. The molecule has 0 amide bonds. The van der Waals surface area contributed by atoms with Crippen molar-refractivity contribution >= 4 is 17.1 Å². The maximum absolute atomic E-state index is 2.58. The molecule has 2 unspecified atom stereocenters. The second-order valence-corrected chi connectivity index (χ2v) is 23.7. The molecule has 6 aliphatic rings. The molecule has 1 nitrogen and oxygen atoms in total. The van der Waals surface area contributed by atoms with Crippen molar-refractivity contribution in [3.8, 4) is 55.6 Å². The zero-order valence-electron chi connectivity index (χ0n) is 42.1. The molecule has 8 aromatic carbocycles. The second kappa shape index (κ2) is 16.6. The van der Waals surface area contributed by atoms with E-state index < -0.39 is 0 Å². The van der Waals surface area contributed by atoms with E-state index in [1.165, 1.54) is 113 Å². The summed E-state index contributed by atoms with van der Waals surface area (Å²) < 4.78 is 0. The Bertz CT molecular complexity index is 3320. The molecule has 352 valence electrons. The summed E-state index contributed by atoms with van der Waals surface area (Å²) in [5.74, 6) is 6.01. The van der Waals surface area contributed by atoms with Crippen LogP contribution in [0.25, 0.3) is 55.6 Å². The number of hydrogen-bond acceptors (Lipinski definition) is 1. The van der Waals surface area contributed by atoms with Crippen molar-refractivity contribution in [1.29, 1.82) is 0 Å². The van der Waals surface area contributed by atoms with E-state index in [0.29, 0.717) is 17.8 Å². The molecule has 0 aromatic heterocycles. The number of anilines is 3. The van der Waals surface area contributed by atoms with E-state index in [1.807, 2.05) is 0 Å². The third kappa shape index (κ3) is 6.56. The van der Waals surface area contributed by atoms with Crippen LogP contribution in [0.4, 0.5) is 17.1 Å². The molecule has 1 heteroatoms. The van der Waals surface area contributed by atoms with Crippen molar-refractivity contribution in [2.45, 2.75) is 89.9 Å². The van der Waals surface area contributed by atoms with Gasteiger partial charge >= 0.3 is 0 Å². The van der Waals surface area contributed by atoms with Crippen molar-refractivity contribution in [3.05, 3.63) is 210 Å². The van der Waals surface area contributed by atoms with Gasteiger partial charge in [-0.05, 0) is 219 Å². The van der Waals surface area contributed by atoms with Gasteiger partial charge in [-0.25, -0.2) is 0 Å². The Balaban J connectivity index is 0.814. The van der Waals surface area contributed by atoms with Crippen LogP contribution in [0, 0.1) is 47.3 Å². The molecule has 4 fully saturated rings. The molecule has 14 rings (SSSR count). The summed E-state index contributed by atoms with van der Waals surface area (Å²) in [7, 11) is 0. The number of benzene rings is 8. The van der Waals surface area contributed by atoms with Gasteiger partial charge in [-0.1, -0.05) is 173 Å². The van der Waals surface area contributed by atoms with Gasteiger partial charge in [0.25, 0.3) is 0 Å². The lowest BCUT2D eigenvalue weighted by Gasteiger charge is -2.54. The number of rotatable bonds is 6. The highest BCUT2D eigenvalue weighted by molar-refractivity contribution is 5.89. The van der Waals surface area contributed by atoms with Crippen LogP contribution in [0.5, 0.6) is 0 Å². The monoisotopic (exact) mass is 922 g/mol. The molecule has 0 heterocycles. The van der Waals surface area contributed by atoms with Crippen LogP contribution in [0.3, 0.4) is 0 Å². The van der Waals surface area contributed by atoms with Gasteiger partial charge in [0, 0.05) is 27.9 Å². The zero-order chi connectivity index (χ0) is 47.6. The average molecular weight is 922 g/mol. The Morgan fingerprint density at radius 3 is 1.34 bits per heavy atom. The summed E-state index contributed by atoms with van der Waals surface area (Å²) in [6.07, 6.45) is 10.9. The molecule has 8 aromatic rings. The molecular formula is C70H67N. The predicted molar refractivity (Wildman–Crippen MR) is 297 cm³/mol. The molecule has 0 N–H and O–H groups in total. The molecule has 6 aliphatic carbocycles. The predicted octanol–water partition coefficient (Wildman–Crippen LogP) is 18.9. The molecule has 2 spiro atoms. The van der Waals surface area contributed by atoms with E-state index in [4.69, 9.17) is 0 Å². The lowest BCUT2D eigenvalue weighted by Crippen LogP contribution is -2.49. The Hall–Kier alpha value is -6.44. The van der Waals surface area contributed by atoms with Crippen molar-refractivity contribution in [3.63, 3.8) is 0 Å². The highest BCUT2D eigenvalue weighted by Crippen LogP contribution is 2.66. The van der Waals surface area contributed by atoms with E-state index in [0.717, 1.165) is 41.0 Å². The maximum Gasteiger partial charge on any atom is 0.0468 e. The summed E-state index contributed by atoms with van der Waals surface area (Å²) in [6.45, 7) is 10.2. The minimum Gasteiger partial charge on any atom is -0.310 e. The highest BCUT2D eigenvalue weighted by atomic mass is 15.1. The van der Waals surface area contributed by atoms with Crippen LogP contribution >= 0.6 is 0 Å². The fourth-order valence-corrected chi connectivity index (χ4v) is 17.3.